The van der Waals surface area contributed by atoms with Crippen molar-refractivity contribution in [2.45, 2.75) is 6.42 Å². The molecule has 0 aliphatic heterocycles. The minimum atomic E-state index is -0.0463. The van der Waals surface area contributed by atoms with Gasteiger partial charge >= 0.3 is 0 Å². The molecule has 39 valence electrons. The smallest absolute Gasteiger partial charge is 0.264 e. The van der Waals surface area contributed by atoms with Crippen LogP contribution in [0.3, 0.4) is 0 Å². The lowest BCUT2D eigenvalue weighted by Gasteiger charge is -1.90. The summed E-state index contributed by atoms with van der Waals surface area (Å²) in [6.07, 6.45) is 0.301. The second-order valence-electron chi connectivity index (χ2n) is 1.10. The first-order valence-electron chi connectivity index (χ1n) is 2.16. The summed E-state index contributed by atoms with van der Waals surface area (Å²) in [5.74, 6) is -0.0463. The number of rotatable bonds is 2. The maximum absolute atomic E-state index is 10.2. The van der Waals surface area contributed by atoms with Gasteiger partial charge in [-0.3, -0.25) is 4.79 Å². The predicted octanol–water partition coefficient (Wildman–Crippen LogP) is 0.161. The van der Waals surface area contributed by atoms with Crippen LogP contribution in [0.5, 0.6) is 0 Å². The highest BCUT2D eigenvalue weighted by atomic mass is 16.1. The highest BCUT2D eigenvalue weighted by Crippen LogP contribution is 1.69. The lowest BCUT2D eigenvalue weighted by atomic mass is 10.4. The first-order chi connectivity index (χ1) is 3.31. The second kappa shape index (κ2) is 3.53. The molecule has 0 spiro atoms. The molecule has 1 N–H and O–H groups in total. The first kappa shape index (κ1) is 6.34. The Kier molecular flexibility index (Phi) is 3.19. The number of hydrogen-bond donors (Lipinski definition) is 1. The van der Waals surface area contributed by atoms with Crippen LogP contribution >= 0.6 is 0 Å². The second-order valence-corrected chi connectivity index (χ2v) is 1.10. The maximum Gasteiger partial charge on any atom is 0.264 e. The van der Waals surface area contributed by atoms with Gasteiger partial charge in [-0.1, -0.05) is 0 Å². The Morgan fingerprint density at radius 1 is 1.86 bits per heavy atom. The Hall–Kier alpha value is -0.660. The molecule has 0 unspecified atom stereocenters. The van der Waals surface area contributed by atoms with Crippen LogP contribution in [0.2, 0.25) is 0 Å². The van der Waals surface area contributed by atoms with E-state index < -0.39 is 0 Å². The van der Waals surface area contributed by atoms with E-state index in [0.29, 0.717) is 13.0 Å². The molecule has 0 aromatic rings. The molecule has 0 fully saturated rings. The average molecular weight is 99.1 g/mol. The molecule has 0 saturated carbocycles. The summed E-state index contributed by atoms with van der Waals surface area (Å²) < 4.78 is 0. The number of nitrogens with one attached hydrogen (secondary N) is 1. The predicted molar refractivity (Wildman–Crippen MR) is 28.3 cm³/mol. The molecule has 0 rings (SSSR count). The fraction of sp³-hybridized carbons (Fsp3) is 0.400. The summed E-state index contributed by atoms with van der Waals surface area (Å²) in [6, 6.07) is 0. The van der Waals surface area contributed by atoms with Gasteiger partial charge in [-0.05, 0) is 6.92 Å². The van der Waals surface area contributed by atoms with Gasteiger partial charge in [-0.25, -0.2) is 0 Å². The van der Waals surface area contributed by atoms with Crippen LogP contribution in [0.15, 0.2) is 0 Å². The Bertz CT molecular complexity index is 61.1. The van der Waals surface area contributed by atoms with Crippen molar-refractivity contribution in [2.75, 3.05) is 6.54 Å². The van der Waals surface area contributed by atoms with Crippen molar-refractivity contribution in [1.29, 1.82) is 0 Å². The summed E-state index contributed by atoms with van der Waals surface area (Å²) >= 11 is 0. The maximum atomic E-state index is 10.2. The lowest BCUT2D eigenvalue weighted by Crippen LogP contribution is -2.21. The van der Waals surface area contributed by atoms with E-state index >= 15 is 0 Å². The van der Waals surface area contributed by atoms with Crippen LogP contribution in [0.1, 0.15) is 6.42 Å². The van der Waals surface area contributed by atoms with E-state index in [9.17, 15) is 4.79 Å². The third-order valence-electron chi connectivity index (χ3n) is 0.549. The Morgan fingerprint density at radius 3 is 2.57 bits per heavy atom. The molecule has 0 aliphatic rings. The number of amides is 1. The third-order valence-corrected chi connectivity index (χ3v) is 0.549. The Morgan fingerprint density at radius 2 is 2.43 bits per heavy atom. The van der Waals surface area contributed by atoms with Gasteiger partial charge in [-0.2, -0.15) is 0 Å². The summed E-state index contributed by atoms with van der Waals surface area (Å²) in [4.78, 5) is 10.2. The summed E-state index contributed by atoms with van der Waals surface area (Å²) in [5, 5.41) is 2.48. The van der Waals surface area contributed by atoms with E-state index in [2.05, 4.69) is 19.2 Å². The van der Waals surface area contributed by atoms with Crippen LogP contribution < -0.4 is 5.32 Å². The minimum Gasteiger partial charge on any atom is -0.352 e. The molecule has 0 aromatic heterocycles. The van der Waals surface area contributed by atoms with Crippen LogP contribution in [0, 0.1) is 13.8 Å². The zero-order chi connectivity index (χ0) is 5.70. The SMILES string of the molecule is [CH2]CNC(=O)C[CH2+]. The molecule has 2 heteroatoms. The zero-order valence-electron chi connectivity index (χ0n) is 4.24. The first-order valence-corrected chi connectivity index (χ1v) is 2.16. The van der Waals surface area contributed by atoms with Crippen LogP contribution in [0.25, 0.3) is 0 Å². The van der Waals surface area contributed by atoms with Crippen LogP contribution in [-0.4, -0.2) is 12.5 Å². The normalized spacial score (nSPS) is 8.14. The van der Waals surface area contributed by atoms with Crippen molar-refractivity contribution >= 4 is 5.91 Å². The monoisotopic (exact) mass is 99.1 g/mol. The van der Waals surface area contributed by atoms with E-state index in [4.69, 9.17) is 0 Å². The summed E-state index contributed by atoms with van der Waals surface area (Å²) in [5.41, 5.74) is 0. The van der Waals surface area contributed by atoms with Gasteiger partial charge in [-0.15, -0.1) is 0 Å². The quantitative estimate of drug-likeness (QED) is 0.491. The molecule has 1 radical (unpaired) electrons. The minimum absolute atomic E-state index is 0.0463. The molecule has 7 heavy (non-hydrogen) atoms. The van der Waals surface area contributed by atoms with E-state index in [1.54, 1.807) is 0 Å². The van der Waals surface area contributed by atoms with Crippen molar-refractivity contribution in [1.82, 2.24) is 5.32 Å². The fourth-order valence-corrected chi connectivity index (χ4v) is 0.228. The molecular formula is C5H9NO+. The third kappa shape index (κ3) is 3.16. The van der Waals surface area contributed by atoms with Crippen molar-refractivity contribution in [3.63, 3.8) is 0 Å². The van der Waals surface area contributed by atoms with Gasteiger partial charge in [0.05, 0.1) is 6.92 Å². The van der Waals surface area contributed by atoms with Crippen molar-refractivity contribution < 1.29 is 4.79 Å². The van der Waals surface area contributed by atoms with Gasteiger partial charge in [0.25, 0.3) is 5.91 Å². The van der Waals surface area contributed by atoms with E-state index in [0.717, 1.165) is 0 Å². The highest BCUT2D eigenvalue weighted by molar-refractivity contribution is 5.76. The molecule has 0 aromatic carbocycles. The number of hydrogen-bond acceptors (Lipinski definition) is 1. The molecule has 2 nitrogen and oxygen atoms in total. The van der Waals surface area contributed by atoms with Gasteiger partial charge < -0.3 is 5.32 Å². The summed E-state index contributed by atoms with van der Waals surface area (Å²) in [6.45, 7) is 7.23. The Labute approximate surface area is 43.9 Å². The molecular weight excluding hydrogens is 90.1 g/mol. The van der Waals surface area contributed by atoms with Crippen molar-refractivity contribution in [2.24, 2.45) is 0 Å². The molecule has 0 atom stereocenters. The highest BCUT2D eigenvalue weighted by Gasteiger charge is 1.94. The molecule has 0 aliphatic carbocycles. The summed E-state index contributed by atoms with van der Waals surface area (Å²) in [7, 11) is 0. The van der Waals surface area contributed by atoms with Crippen LogP contribution in [-0.2, 0) is 4.79 Å². The zero-order valence-corrected chi connectivity index (χ0v) is 4.24. The van der Waals surface area contributed by atoms with Gasteiger partial charge in [0.1, 0.15) is 0 Å². The topological polar surface area (TPSA) is 29.1 Å². The number of carbonyl (C=O) groups is 1. The van der Waals surface area contributed by atoms with Gasteiger partial charge in [0, 0.05) is 6.54 Å². The van der Waals surface area contributed by atoms with E-state index in [1.165, 1.54) is 0 Å². The van der Waals surface area contributed by atoms with Gasteiger partial charge in [0.15, 0.2) is 6.42 Å². The van der Waals surface area contributed by atoms with Crippen molar-refractivity contribution in [3.8, 4) is 0 Å². The van der Waals surface area contributed by atoms with E-state index in [-0.39, 0.29) is 5.91 Å². The van der Waals surface area contributed by atoms with Crippen molar-refractivity contribution in [3.05, 3.63) is 13.8 Å². The lowest BCUT2D eigenvalue weighted by molar-refractivity contribution is -0.120. The Balaban J connectivity index is 3.00. The van der Waals surface area contributed by atoms with Crippen LogP contribution in [0.4, 0.5) is 0 Å². The molecule has 0 bridgehead atoms. The van der Waals surface area contributed by atoms with E-state index in [1.807, 2.05) is 0 Å². The molecule has 1 amide bonds. The molecule has 0 heterocycles. The number of carbonyl (C=O) groups excluding carboxylic acids is 1. The largest absolute Gasteiger partial charge is 0.352 e. The fourth-order valence-electron chi connectivity index (χ4n) is 0.228. The molecule has 0 saturated heterocycles. The van der Waals surface area contributed by atoms with Gasteiger partial charge in [0.2, 0.25) is 0 Å². The average Bonchev–Trinajstić information content (AvgIpc) is 1.68. The standard InChI is InChI=1S/C5H8NO/c1-3-5(7)6-4-2/h1-4H2/p+1.